The van der Waals surface area contributed by atoms with E-state index in [0.717, 1.165) is 11.5 Å². The van der Waals surface area contributed by atoms with Crippen LogP contribution in [0.15, 0.2) is 59.8 Å². The number of para-hydroxylation sites is 1. The van der Waals surface area contributed by atoms with E-state index in [-0.39, 0.29) is 50.3 Å². The maximum atomic E-state index is 14.0. The van der Waals surface area contributed by atoms with Crippen LogP contribution in [0.4, 0.5) is 4.79 Å². The third-order valence-electron chi connectivity index (χ3n) is 8.38. The van der Waals surface area contributed by atoms with Gasteiger partial charge in [0.05, 0.1) is 19.2 Å². The number of phenols is 1. The van der Waals surface area contributed by atoms with E-state index in [1.54, 1.807) is 30.2 Å². The normalized spacial score (nSPS) is 23.6. The average molecular weight is 780 g/mol. The number of piperidine rings is 1. The van der Waals surface area contributed by atoms with Gasteiger partial charge in [-0.05, 0) is 64.7 Å². The largest absolute Gasteiger partial charge is 1.00 e. The molecular weight excluding hydrogens is 739 g/mol. The number of nitrogens with one attached hydrogen (secondary N) is 1. The second-order valence-corrected chi connectivity index (χ2v) is 12.6. The number of esters is 1. The molecule has 2 fully saturated rings. The number of methoxy groups -OCH3 is 1. The first-order valence-electron chi connectivity index (χ1n) is 14.9. The standard InChI is InChI=1S/C34H41N2O7.Os/c1-20-29(32(39)42-24-12-9-15-36(19-24)33(40)43-34(2,3)4)30(21-10-8-11-23(37)16-21)31-26(35-20)17-22(18-27(31)38)25-13-6-7-14-28(25)41-5;/h6-8,10-11,13-14,16,24,26,30-31,35,37H,9,12,15,17-19H2,1-5H3;/q-1;+1/t24-,26?,30+,31?;/m0./s1. The second kappa shape index (κ2) is 13.6. The van der Waals surface area contributed by atoms with Gasteiger partial charge in [0, 0.05) is 35.9 Å². The fraction of sp³-hybridized carbons (Fsp3) is 0.471. The fourth-order valence-electron chi connectivity index (χ4n) is 6.60. The number of ether oxygens (including phenoxy) is 3. The summed E-state index contributed by atoms with van der Waals surface area (Å²) < 4.78 is 17.2. The van der Waals surface area contributed by atoms with Gasteiger partial charge >= 0.3 is 31.9 Å². The van der Waals surface area contributed by atoms with Gasteiger partial charge in [0.1, 0.15) is 23.2 Å². The number of aromatic hydroxyl groups is 1. The number of ketones is 1. The van der Waals surface area contributed by atoms with Gasteiger partial charge in [-0.25, -0.2) is 9.59 Å². The van der Waals surface area contributed by atoms with E-state index in [9.17, 15) is 19.5 Å². The first kappa shape index (κ1) is 33.4. The number of nitrogens with zero attached hydrogens (tertiary/aromatic N) is 1. The zero-order valence-electron chi connectivity index (χ0n) is 25.9. The number of carbonyl (C=O) groups excluding carboxylic acids is 3. The molecule has 2 heterocycles. The minimum Gasteiger partial charge on any atom is -0.554 e. The number of likely N-dealkylation sites (tertiary alicyclic amines) is 1. The first-order valence-corrected chi connectivity index (χ1v) is 14.9. The summed E-state index contributed by atoms with van der Waals surface area (Å²) in [7, 11) is 1.62. The van der Waals surface area contributed by atoms with E-state index >= 15 is 0 Å². The summed E-state index contributed by atoms with van der Waals surface area (Å²) >= 11 is 0. The van der Waals surface area contributed by atoms with Crippen molar-refractivity contribution in [1.29, 1.82) is 0 Å². The summed E-state index contributed by atoms with van der Waals surface area (Å²) in [6, 6.07) is 14.2. The molecule has 9 nitrogen and oxygen atoms in total. The average Bonchev–Trinajstić information content (AvgIpc) is 2.95. The smallest absolute Gasteiger partial charge is 0.554 e. The van der Waals surface area contributed by atoms with Crippen molar-refractivity contribution >= 4 is 17.8 Å². The quantitative estimate of drug-likeness (QED) is 0.312. The second-order valence-electron chi connectivity index (χ2n) is 12.6. The Balaban J connectivity index is 0.00000442. The van der Waals surface area contributed by atoms with E-state index in [1.807, 2.05) is 58.0 Å². The minimum atomic E-state index is -0.628. The van der Waals surface area contributed by atoms with Crippen LogP contribution >= 0.6 is 0 Å². The van der Waals surface area contributed by atoms with Crippen molar-refractivity contribution in [2.75, 3.05) is 20.2 Å². The Morgan fingerprint density at radius 3 is 2.57 bits per heavy atom. The SMILES string of the molecule is COc1ccccc1[C-]1CC(=O)C2C(C1)NC(C)=C(C(=O)O[C@H]1CCCN(C(=O)OC(C)(C)C)C1)[C@H]2c1cccc(O)c1.[Os+]. The first-order chi connectivity index (χ1) is 20.4. The Labute approximate surface area is 272 Å². The number of allylic oxidation sites excluding steroid dienone is 1. The number of benzene rings is 2. The van der Waals surface area contributed by atoms with Crippen LogP contribution in [0.5, 0.6) is 11.5 Å². The third-order valence-corrected chi connectivity index (χ3v) is 8.38. The van der Waals surface area contributed by atoms with E-state index in [2.05, 4.69) is 5.32 Å². The molecule has 0 spiro atoms. The van der Waals surface area contributed by atoms with Gasteiger partial charge in [0.25, 0.3) is 0 Å². The number of Topliss-reactive ketones (excluding diaryl/α,β-unsaturated/α-hetero) is 1. The predicted molar refractivity (Wildman–Crippen MR) is 160 cm³/mol. The van der Waals surface area contributed by atoms with Gasteiger partial charge in [-0.3, -0.25) is 0 Å². The molecular formula is C34H41N2O7Os. The van der Waals surface area contributed by atoms with Gasteiger partial charge in [0.2, 0.25) is 0 Å². The summed E-state index contributed by atoms with van der Waals surface area (Å²) in [5, 5.41) is 13.8. The Kier molecular flexibility index (Phi) is 10.4. The molecule has 1 saturated heterocycles. The van der Waals surface area contributed by atoms with Crippen LogP contribution in [0.2, 0.25) is 0 Å². The van der Waals surface area contributed by atoms with Gasteiger partial charge in [-0.2, -0.15) is 12.0 Å². The molecule has 2 aliphatic heterocycles. The molecule has 10 heteroatoms. The summed E-state index contributed by atoms with van der Waals surface area (Å²) in [5.74, 6) is 0.0781. The molecule has 2 unspecified atom stereocenters. The molecule has 2 N–H and O–H groups in total. The number of hydrogen-bond donors (Lipinski definition) is 2. The molecule has 237 valence electrons. The van der Waals surface area contributed by atoms with Crippen molar-refractivity contribution in [2.45, 2.75) is 77.0 Å². The van der Waals surface area contributed by atoms with Gasteiger partial charge in [-0.15, -0.1) is 11.6 Å². The summed E-state index contributed by atoms with van der Waals surface area (Å²) in [4.78, 5) is 42.2. The molecule has 0 aromatic heterocycles. The van der Waals surface area contributed by atoms with Crippen molar-refractivity contribution in [3.63, 3.8) is 0 Å². The number of rotatable bonds is 5. The molecule has 4 atom stereocenters. The van der Waals surface area contributed by atoms with Crippen LogP contribution in [0, 0.1) is 11.8 Å². The van der Waals surface area contributed by atoms with Crippen molar-refractivity contribution in [1.82, 2.24) is 10.2 Å². The van der Waals surface area contributed by atoms with E-state index in [1.165, 1.54) is 0 Å². The van der Waals surface area contributed by atoms with Crippen LogP contribution in [0.25, 0.3) is 0 Å². The van der Waals surface area contributed by atoms with Gasteiger partial charge in [-0.1, -0.05) is 30.7 Å². The van der Waals surface area contributed by atoms with Crippen molar-refractivity contribution in [2.24, 2.45) is 5.92 Å². The third kappa shape index (κ3) is 7.23. The topological polar surface area (TPSA) is 114 Å². The molecule has 5 rings (SSSR count). The van der Waals surface area contributed by atoms with Gasteiger partial charge in [0.15, 0.2) is 0 Å². The Morgan fingerprint density at radius 1 is 1.11 bits per heavy atom. The van der Waals surface area contributed by atoms with E-state index < -0.39 is 35.6 Å². The van der Waals surface area contributed by atoms with Crippen molar-refractivity contribution in [3.05, 3.63) is 76.8 Å². The molecule has 2 aromatic rings. The summed E-state index contributed by atoms with van der Waals surface area (Å²) in [5.41, 5.74) is 1.96. The molecule has 1 radical (unpaired) electrons. The van der Waals surface area contributed by atoms with E-state index in [4.69, 9.17) is 14.2 Å². The maximum absolute atomic E-state index is 14.0. The molecule has 1 aliphatic carbocycles. The van der Waals surface area contributed by atoms with Gasteiger partial charge < -0.3 is 34.3 Å². The van der Waals surface area contributed by atoms with Crippen molar-refractivity contribution < 1.29 is 53.5 Å². The van der Waals surface area contributed by atoms with Crippen molar-refractivity contribution in [3.8, 4) is 11.5 Å². The van der Waals surface area contributed by atoms with Crippen LogP contribution in [-0.4, -0.2) is 65.8 Å². The van der Waals surface area contributed by atoms with Crippen LogP contribution in [0.1, 0.15) is 70.4 Å². The maximum Gasteiger partial charge on any atom is 1.00 e. The Morgan fingerprint density at radius 2 is 1.86 bits per heavy atom. The van der Waals surface area contributed by atoms with Crippen LogP contribution in [0.3, 0.4) is 0 Å². The Bertz CT molecular complexity index is 1420. The molecule has 1 saturated carbocycles. The molecule has 3 aliphatic rings. The van der Waals surface area contributed by atoms with Crippen LogP contribution < -0.4 is 10.1 Å². The number of carbonyl (C=O) groups is 3. The summed E-state index contributed by atoms with van der Waals surface area (Å²) in [6.45, 7) is 8.04. The number of amides is 1. The molecule has 0 bridgehead atoms. The molecule has 44 heavy (non-hydrogen) atoms. The number of hydrogen-bond acceptors (Lipinski definition) is 8. The summed E-state index contributed by atoms with van der Waals surface area (Å²) in [6.07, 6.45) is 1.17. The molecule has 2 aromatic carbocycles. The minimum absolute atomic E-state index is 0. The zero-order chi connectivity index (χ0) is 30.9. The molecule has 1 amide bonds. The van der Waals surface area contributed by atoms with E-state index in [0.29, 0.717) is 48.4 Å². The fourth-order valence-corrected chi connectivity index (χ4v) is 6.60. The Hall–Kier alpha value is -3.50. The number of phenolic OH excluding ortho intramolecular Hbond substituents is 1. The van der Waals surface area contributed by atoms with Crippen LogP contribution in [-0.2, 0) is 38.9 Å². The number of fused-ring (bicyclic) bond motifs is 1. The predicted octanol–water partition coefficient (Wildman–Crippen LogP) is 5.27. The monoisotopic (exact) mass is 781 g/mol. The zero-order valence-corrected chi connectivity index (χ0v) is 28.4.